The molecule has 4 heteroatoms. The molecule has 104 valence electrons. The van der Waals surface area contributed by atoms with Crippen molar-refractivity contribution in [1.82, 2.24) is 4.98 Å². The maximum absolute atomic E-state index is 13.4. The van der Waals surface area contributed by atoms with E-state index in [-0.39, 0.29) is 11.7 Å². The SMILES string of the molecule is CC(C)c1cnc2cc(F)ccc2c1P1(=O)CC=CC1. The highest BCUT2D eigenvalue weighted by Crippen LogP contribution is 2.50. The summed E-state index contributed by atoms with van der Waals surface area (Å²) in [5.74, 6) is -0.0607. The molecule has 1 aliphatic rings. The molecule has 3 rings (SSSR count). The number of rotatable bonds is 2. The molecule has 0 fully saturated rings. The van der Waals surface area contributed by atoms with E-state index in [1.165, 1.54) is 12.1 Å². The number of allylic oxidation sites excluding steroid dienone is 2. The van der Waals surface area contributed by atoms with E-state index in [1.54, 1.807) is 12.3 Å². The summed E-state index contributed by atoms with van der Waals surface area (Å²) in [5.41, 5.74) is 1.61. The number of halogens is 1. The Bertz CT molecular complexity index is 739. The Kier molecular flexibility index (Phi) is 3.25. The molecule has 0 amide bonds. The van der Waals surface area contributed by atoms with Crippen LogP contribution in [0.5, 0.6) is 0 Å². The van der Waals surface area contributed by atoms with Gasteiger partial charge in [0.15, 0.2) is 0 Å². The number of pyridine rings is 1. The third kappa shape index (κ3) is 2.10. The molecule has 0 radical (unpaired) electrons. The van der Waals surface area contributed by atoms with Gasteiger partial charge in [-0.05, 0) is 23.6 Å². The van der Waals surface area contributed by atoms with Crippen molar-refractivity contribution in [3.8, 4) is 0 Å². The lowest BCUT2D eigenvalue weighted by molar-refractivity contribution is 0.585. The topological polar surface area (TPSA) is 30.0 Å². The molecule has 20 heavy (non-hydrogen) atoms. The van der Waals surface area contributed by atoms with Crippen LogP contribution in [0.25, 0.3) is 10.9 Å². The zero-order chi connectivity index (χ0) is 14.3. The van der Waals surface area contributed by atoms with Crippen molar-refractivity contribution in [1.29, 1.82) is 0 Å². The molecule has 0 saturated carbocycles. The van der Waals surface area contributed by atoms with Crippen LogP contribution in [0.15, 0.2) is 36.5 Å². The van der Waals surface area contributed by atoms with Crippen molar-refractivity contribution in [2.75, 3.05) is 12.3 Å². The first kappa shape index (κ1) is 13.5. The molecule has 0 unspecified atom stereocenters. The van der Waals surface area contributed by atoms with Gasteiger partial charge in [0.1, 0.15) is 13.0 Å². The van der Waals surface area contributed by atoms with Crippen molar-refractivity contribution in [3.63, 3.8) is 0 Å². The van der Waals surface area contributed by atoms with Crippen LogP contribution in [0, 0.1) is 5.82 Å². The molecule has 0 N–H and O–H groups in total. The molecular weight excluding hydrogens is 272 g/mol. The van der Waals surface area contributed by atoms with Gasteiger partial charge in [-0.2, -0.15) is 0 Å². The molecule has 2 nitrogen and oxygen atoms in total. The Morgan fingerprint density at radius 3 is 2.60 bits per heavy atom. The Hall–Kier alpha value is -1.47. The molecule has 2 aromatic rings. The minimum atomic E-state index is -2.45. The van der Waals surface area contributed by atoms with E-state index >= 15 is 0 Å². The number of hydrogen-bond acceptors (Lipinski definition) is 2. The highest BCUT2D eigenvalue weighted by molar-refractivity contribution is 7.72. The van der Waals surface area contributed by atoms with E-state index in [4.69, 9.17) is 0 Å². The average molecular weight is 289 g/mol. The molecule has 0 aliphatic carbocycles. The highest BCUT2D eigenvalue weighted by Gasteiger charge is 2.31. The third-order valence-corrected chi connectivity index (χ3v) is 6.74. The molecule has 1 aromatic heterocycles. The van der Waals surface area contributed by atoms with Crippen molar-refractivity contribution in [3.05, 3.63) is 47.9 Å². The fourth-order valence-corrected chi connectivity index (χ4v) is 5.70. The van der Waals surface area contributed by atoms with Gasteiger partial charge in [-0.1, -0.05) is 26.0 Å². The Labute approximate surface area is 118 Å². The predicted molar refractivity (Wildman–Crippen MR) is 81.9 cm³/mol. The van der Waals surface area contributed by atoms with E-state index in [9.17, 15) is 8.96 Å². The zero-order valence-electron chi connectivity index (χ0n) is 11.6. The van der Waals surface area contributed by atoms with Gasteiger partial charge in [0.05, 0.1) is 5.52 Å². The summed E-state index contributed by atoms with van der Waals surface area (Å²) >= 11 is 0. The summed E-state index contributed by atoms with van der Waals surface area (Å²) in [5, 5.41) is 1.74. The first-order valence-electron chi connectivity index (χ1n) is 6.83. The molecule has 1 aliphatic heterocycles. The van der Waals surface area contributed by atoms with Gasteiger partial charge in [0, 0.05) is 35.3 Å². The summed E-state index contributed by atoms with van der Waals surface area (Å²) in [6, 6.07) is 4.56. The van der Waals surface area contributed by atoms with Crippen molar-refractivity contribution in [2.24, 2.45) is 0 Å². The van der Waals surface area contributed by atoms with Crippen LogP contribution in [0.1, 0.15) is 25.3 Å². The third-order valence-electron chi connectivity index (χ3n) is 3.83. The second kappa shape index (κ2) is 4.82. The zero-order valence-corrected chi connectivity index (χ0v) is 12.5. The normalized spacial score (nSPS) is 17.2. The lowest BCUT2D eigenvalue weighted by Crippen LogP contribution is -2.16. The second-order valence-corrected chi connectivity index (χ2v) is 8.56. The van der Waals surface area contributed by atoms with Crippen LogP contribution in [0.3, 0.4) is 0 Å². The number of aromatic nitrogens is 1. The van der Waals surface area contributed by atoms with E-state index in [2.05, 4.69) is 18.8 Å². The first-order chi connectivity index (χ1) is 9.51. The lowest BCUT2D eigenvalue weighted by Gasteiger charge is -2.20. The minimum absolute atomic E-state index is 0.248. The maximum atomic E-state index is 13.4. The first-order valence-corrected chi connectivity index (χ1v) is 8.91. The summed E-state index contributed by atoms with van der Waals surface area (Å²) in [6.07, 6.45) is 6.94. The quantitative estimate of drug-likeness (QED) is 0.616. The van der Waals surface area contributed by atoms with Crippen LogP contribution in [0.2, 0.25) is 0 Å². The van der Waals surface area contributed by atoms with Gasteiger partial charge >= 0.3 is 0 Å². The van der Waals surface area contributed by atoms with Crippen LogP contribution in [-0.4, -0.2) is 17.3 Å². The van der Waals surface area contributed by atoms with Crippen molar-refractivity contribution in [2.45, 2.75) is 19.8 Å². The second-order valence-electron chi connectivity index (χ2n) is 5.60. The van der Waals surface area contributed by atoms with Crippen LogP contribution in [-0.2, 0) is 4.57 Å². The average Bonchev–Trinajstić information content (AvgIpc) is 2.84. The van der Waals surface area contributed by atoms with E-state index in [0.29, 0.717) is 17.8 Å². The Morgan fingerprint density at radius 1 is 1.25 bits per heavy atom. The van der Waals surface area contributed by atoms with Crippen LogP contribution in [0.4, 0.5) is 4.39 Å². The number of fused-ring (bicyclic) bond motifs is 1. The van der Waals surface area contributed by atoms with Crippen LogP contribution < -0.4 is 5.30 Å². The summed E-state index contributed by atoms with van der Waals surface area (Å²) in [4.78, 5) is 4.34. The number of benzene rings is 1. The lowest BCUT2D eigenvalue weighted by atomic mass is 10.0. The van der Waals surface area contributed by atoms with Gasteiger partial charge < -0.3 is 4.57 Å². The standard InChI is InChI=1S/C16H17FNOP/c1-11(2)14-10-18-15-9-12(17)5-6-13(15)16(14)20(19)7-3-4-8-20/h3-6,9-11H,7-8H2,1-2H3. The van der Waals surface area contributed by atoms with Gasteiger partial charge in [-0.15, -0.1) is 0 Å². The minimum Gasteiger partial charge on any atom is -0.318 e. The van der Waals surface area contributed by atoms with Gasteiger partial charge in [-0.3, -0.25) is 4.98 Å². The molecular formula is C16H17FNOP. The molecule has 0 saturated heterocycles. The fourth-order valence-electron chi connectivity index (χ4n) is 2.79. The van der Waals surface area contributed by atoms with E-state index < -0.39 is 7.14 Å². The largest absolute Gasteiger partial charge is 0.318 e. The summed E-state index contributed by atoms with van der Waals surface area (Å²) in [6.45, 7) is 4.15. The molecule has 2 heterocycles. The predicted octanol–water partition coefficient (Wildman–Crippen LogP) is 4.06. The summed E-state index contributed by atoms with van der Waals surface area (Å²) in [7, 11) is -2.45. The number of hydrogen-bond donors (Lipinski definition) is 0. The smallest absolute Gasteiger partial charge is 0.125 e. The maximum Gasteiger partial charge on any atom is 0.125 e. The fraction of sp³-hybridized carbons (Fsp3) is 0.312. The van der Waals surface area contributed by atoms with Gasteiger partial charge in [0.2, 0.25) is 0 Å². The molecule has 0 spiro atoms. The van der Waals surface area contributed by atoms with Crippen LogP contribution >= 0.6 is 7.14 Å². The van der Waals surface area contributed by atoms with E-state index in [1.807, 2.05) is 12.2 Å². The Balaban J connectivity index is 2.35. The molecule has 0 atom stereocenters. The van der Waals surface area contributed by atoms with Crippen molar-refractivity contribution >= 4 is 23.3 Å². The van der Waals surface area contributed by atoms with E-state index in [0.717, 1.165) is 16.3 Å². The molecule has 0 bridgehead atoms. The Morgan fingerprint density at radius 2 is 1.95 bits per heavy atom. The molecule has 1 aromatic carbocycles. The van der Waals surface area contributed by atoms with Gasteiger partial charge in [-0.25, -0.2) is 4.39 Å². The monoisotopic (exact) mass is 289 g/mol. The van der Waals surface area contributed by atoms with Gasteiger partial charge in [0.25, 0.3) is 0 Å². The summed E-state index contributed by atoms with van der Waals surface area (Å²) < 4.78 is 26.6. The highest BCUT2D eigenvalue weighted by atomic mass is 31.2. The van der Waals surface area contributed by atoms with Crippen molar-refractivity contribution < 1.29 is 8.96 Å². The number of nitrogens with zero attached hydrogens (tertiary/aromatic N) is 1.